The van der Waals surface area contributed by atoms with Crippen molar-refractivity contribution in [1.29, 1.82) is 0 Å². The number of ether oxygens (including phenoxy) is 3. The van der Waals surface area contributed by atoms with Crippen molar-refractivity contribution in [3.05, 3.63) is 54.1 Å². The van der Waals surface area contributed by atoms with Crippen molar-refractivity contribution in [1.82, 2.24) is 10.2 Å². The second kappa shape index (κ2) is 10.5. The van der Waals surface area contributed by atoms with E-state index in [1.54, 1.807) is 36.3 Å². The van der Waals surface area contributed by atoms with Crippen molar-refractivity contribution in [2.24, 2.45) is 0 Å². The molecule has 0 unspecified atom stereocenters. The van der Waals surface area contributed by atoms with Gasteiger partial charge in [-0.2, -0.15) is 0 Å². The summed E-state index contributed by atoms with van der Waals surface area (Å²) in [5, 5.41) is 2.99. The molecule has 1 N–H and O–H groups in total. The number of rotatable bonds is 8. The lowest BCUT2D eigenvalue weighted by molar-refractivity contribution is -0.124. The van der Waals surface area contributed by atoms with E-state index in [4.69, 9.17) is 14.2 Å². The molecule has 0 atom stereocenters. The maximum absolute atomic E-state index is 12.8. The first-order valence-corrected chi connectivity index (χ1v) is 10.2. The first kappa shape index (κ1) is 21.5. The SMILES string of the molecule is CCOc1ccc(OCC(=O)NC2CCN(C(=O)c3ccccc3OC)CC2)cc1. The van der Waals surface area contributed by atoms with Crippen molar-refractivity contribution in [2.45, 2.75) is 25.8 Å². The lowest BCUT2D eigenvalue weighted by Crippen LogP contribution is -2.47. The largest absolute Gasteiger partial charge is 0.496 e. The third-order valence-electron chi connectivity index (χ3n) is 4.99. The average Bonchev–Trinajstić information content (AvgIpc) is 2.79. The molecule has 1 fully saturated rings. The molecule has 0 spiro atoms. The molecule has 1 aliphatic rings. The van der Waals surface area contributed by atoms with Gasteiger partial charge in [-0.3, -0.25) is 9.59 Å². The van der Waals surface area contributed by atoms with Crippen molar-refractivity contribution in [3.8, 4) is 17.2 Å². The number of methoxy groups -OCH3 is 1. The van der Waals surface area contributed by atoms with Crippen molar-refractivity contribution >= 4 is 11.8 Å². The highest BCUT2D eigenvalue weighted by Gasteiger charge is 2.26. The number of carbonyl (C=O) groups is 2. The quantitative estimate of drug-likeness (QED) is 0.721. The molecule has 1 saturated heterocycles. The molecule has 0 aliphatic carbocycles. The van der Waals surface area contributed by atoms with E-state index < -0.39 is 0 Å². The van der Waals surface area contributed by atoms with Gasteiger partial charge in [0.15, 0.2) is 6.61 Å². The van der Waals surface area contributed by atoms with Gasteiger partial charge in [0.25, 0.3) is 11.8 Å². The molecule has 0 radical (unpaired) electrons. The van der Waals surface area contributed by atoms with Gasteiger partial charge in [-0.1, -0.05) is 12.1 Å². The Labute approximate surface area is 176 Å². The number of nitrogens with zero attached hydrogens (tertiary/aromatic N) is 1. The molecule has 0 saturated carbocycles. The molecule has 7 nitrogen and oxygen atoms in total. The van der Waals surface area contributed by atoms with Gasteiger partial charge >= 0.3 is 0 Å². The summed E-state index contributed by atoms with van der Waals surface area (Å²) >= 11 is 0. The van der Waals surface area contributed by atoms with E-state index in [2.05, 4.69) is 5.32 Å². The second-order valence-electron chi connectivity index (χ2n) is 7.03. The Kier molecular flexibility index (Phi) is 7.54. The zero-order chi connectivity index (χ0) is 21.3. The molecule has 160 valence electrons. The van der Waals surface area contributed by atoms with Crippen LogP contribution in [0.5, 0.6) is 17.2 Å². The van der Waals surface area contributed by atoms with E-state index in [1.165, 1.54) is 0 Å². The third-order valence-corrected chi connectivity index (χ3v) is 4.99. The van der Waals surface area contributed by atoms with Crippen molar-refractivity contribution in [3.63, 3.8) is 0 Å². The summed E-state index contributed by atoms with van der Waals surface area (Å²) in [7, 11) is 1.56. The van der Waals surface area contributed by atoms with Crippen LogP contribution in [0.2, 0.25) is 0 Å². The number of amides is 2. The minimum Gasteiger partial charge on any atom is -0.496 e. The minimum absolute atomic E-state index is 0.0307. The van der Waals surface area contributed by atoms with Crippen LogP contribution in [0, 0.1) is 0 Å². The zero-order valence-electron chi connectivity index (χ0n) is 17.4. The molecule has 7 heteroatoms. The Hall–Kier alpha value is -3.22. The molecule has 1 heterocycles. The topological polar surface area (TPSA) is 77.1 Å². The number of hydrogen-bond donors (Lipinski definition) is 1. The summed E-state index contributed by atoms with van der Waals surface area (Å²) in [5.41, 5.74) is 0.561. The Balaban J connectivity index is 1.42. The Morgan fingerprint density at radius 3 is 2.27 bits per heavy atom. The van der Waals surface area contributed by atoms with E-state index in [1.807, 2.05) is 31.2 Å². The second-order valence-corrected chi connectivity index (χ2v) is 7.03. The number of carbonyl (C=O) groups excluding carboxylic acids is 2. The van der Waals surface area contributed by atoms with Crippen LogP contribution in [0.1, 0.15) is 30.1 Å². The molecule has 3 rings (SSSR count). The fourth-order valence-electron chi connectivity index (χ4n) is 3.44. The van der Waals surface area contributed by atoms with Crippen LogP contribution in [-0.4, -0.2) is 56.2 Å². The number of hydrogen-bond acceptors (Lipinski definition) is 5. The van der Waals surface area contributed by atoms with Crippen LogP contribution in [0.4, 0.5) is 0 Å². The average molecular weight is 412 g/mol. The van der Waals surface area contributed by atoms with Gasteiger partial charge in [-0.25, -0.2) is 0 Å². The normalized spacial score (nSPS) is 14.1. The van der Waals surface area contributed by atoms with Crippen LogP contribution in [-0.2, 0) is 4.79 Å². The van der Waals surface area contributed by atoms with Gasteiger partial charge in [0.2, 0.25) is 0 Å². The van der Waals surface area contributed by atoms with Gasteiger partial charge in [0, 0.05) is 19.1 Å². The van der Waals surface area contributed by atoms with Crippen LogP contribution >= 0.6 is 0 Å². The van der Waals surface area contributed by atoms with Gasteiger partial charge in [0.05, 0.1) is 19.3 Å². The highest BCUT2D eigenvalue weighted by Crippen LogP contribution is 2.22. The molecular weight excluding hydrogens is 384 g/mol. The summed E-state index contributed by atoms with van der Waals surface area (Å²) in [6.07, 6.45) is 1.41. The highest BCUT2D eigenvalue weighted by atomic mass is 16.5. The van der Waals surface area contributed by atoms with Gasteiger partial charge in [-0.15, -0.1) is 0 Å². The molecule has 2 amide bonds. The van der Waals surface area contributed by atoms with Crippen molar-refractivity contribution < 1.29 is 23.8 Å². The summed E-state index contributed by atoms with van der Waals surface area (Å²) in [6.45, 7) is 3.65. The van der Waals surface area contributed by atoms with Gasteiger partial charge in [-0.05, 0) is 56.2 Å². The molecule has 1 aliphatic heterocycles. The maximum atomic E-state index is 12.8. The van der Waals surface area contributed by atoms with E-state index >= 15 is 0 Å². The summed E-state index contributed by atoms with van der Waals surface area (Å²) in [6, 6.07) is 14.4. The number of para-hydroxylation sites is 1. The van der Waals surface area contributed by atoms with E-state index in [0.717, 1.165) is 5.75 Å². The van der Waals surface area contributed by atoms with E-state index in [0.29, 0.717) is 49.6 Å². The predicted octanol–water partition coefficient (Wildman–Crippen LogP) is 2.89. The molecule has 0 bridgehead atoms. The standard InChI is InChI=1S/C23H28N2O5/c1-3-29-18-8-10-19(11-9-18)30-16-22(26)24-17-12-14-25(15-13-17)23(27)20-6-4-5-7-21(20)28-2/h4-11,17H,3,12-16H2,1-2H3,(H,24,26). The van der Waals surface area contributed by atoms with Crippen LogP contribution in [0.3, 0.4) is 0 Å². The molecule has 2 aromatic carbocycles. The smallest absolute Gasteiger partial charge is 0.258 e. The van der Waals surface area contributed by atoms with E-state index in [-0.39, 0.29) is 24.5 Å². The number of benzene rings is 2. The Morgan fingerprint density at radius 2 is 1.63 bits per heavy atom. The first-order chi connectivity index (χ1) is 14.6. The minimum atomic E-state index is -0.168. The Bertz CT molecular complexity index is 845. The fourth-order valence-corrected chi connectivity index (χ4v) is 3.44. The van der Waals surface area contributed by atoms with Crippen LogP contribution < -0.4 is 19.5 Å². The van der Waals surface area contributed by atoms with Gasteiger partial charge in [0.1, 0.15) is 17.2 Å². The summed E-state index contributed by atoms with van der Waals surface area (Å²) in [4.78, 5) is 26.8. The summed E-state index contributed by atoms with van der Waals surface area (Å²) < 4.78 is 16.2. The lowest BCUT2D eigenvalue weighted by atomic mass is 10.0. The fraction of sp³-hybridized carbons (Fsp3) is 0.391. The van der Waals surface area contributed by atoms with Crippen LogP contribution in [0.25, 0.3) is 0 Å². The number of piperidine rings is 1. The molecular formula is C23H28N2O5. The number of nitrogens with one attached hydrogen (secondary N) is 1. The van der Waals surface area contributed by atoms with E-state index in [9.17, 15) is 9.59 Å². The predicted molar refractivity (Wildman–Crippen MR) is 113 cm³/mol. The van der Waals surface area contributed by atoms with Gasteiger partial charge < -0.3 is 24.4 Å². The monoisotopic (exact) mass is 412 g/mol. The van der Waals surface area contributed by atoms with Crippen molar-refractivity contribution in [2.75, 3.05) is 33.4 Å². The Morgan fingerprint density at radius 1 is 1.00 bits per heavy atom. The molecule has 0 aromatic heterocycles. The lowest BCUT2D eigenvalue weighted by Gasteiger charge is -2.32. The highest BCUT2D eigenvalue weighted by molar-refractivity contribution is 5.97. The molecule has 30 heavy (non-hydrogen) atoms. The third kappa shape index (κ3) is 5.65. The maximum Gasteiger partial charge on any atom is 0.258 e. The molecule has 2 aromatic rings. The number of likely N-dealkylation sites (tertiary alicyclic amines) is 1. The van der Waals surface area contributed by atoms with Crippen LogP contribution in [0.15, 0.2) is 48.5 Å². The zero-order valence-corrected chi connectivity index (χ0v) is 17.4. The summed E-state index contributed by atoms with van der Waals surface area (Å²) in [5.74, 6) is 1.74. The first-order valence-electron chi connectivity index (χ1n) is 10.2.